The van der Waals surface area contributed by atoms with Crippen molar-refractivity contribution in [2.24, 2.45) is 0 Å². The summed E-state index contributed by atoms with van der Waals surface area (Å²) < 4.78 is 16.5. The van der Waals surface area contributed by atoms with Crippen LogP contribution in [-0.2, 0) is 13.1 Å². The van der Waals surface area contributed by atoms with Gasteiger partial charge < -0.3 is 19.5 Å². The van der Waals surface area contributed by atoms with E-state index in [1.165, 1.54) is 12.1 Å². The molecule has 0 amide bonds. The average Bonchev–Trinajstić information content (AvgIpc) is 2.61. The van der Waals surface area contributed by atoms with E-state index < -0.39 is 4.92 Å². The van der Waals surface area contributed by atoms with E-state index in [9.17, 15) is 10.1 Å². The molecule has 2 aromatic carbocycles. The highest BCUT2D eigenvalue weighted by atomic mass is 16.6. The molecule has 1 N–H and O–H groups in total. The molecule has 1 heterocycles. The highest BCUT2D eigenvalue weighted by molar-refractivity contribution is 5.54. The molecule has 7 nitrogen and oxygen atoms in total. The Hall–Kier alpha value is -2.80. The molecule has 0 fully saturated rings. The minimum Gasteiger partial charge on any atom is -0.493 e. The molecule has 7 heteroatoms. The molecule has 0 spiro atoms. The summed E-state index contributed by atoms with van der Waals surface area (Å²) in [6.45, 7) is 2.26. The molecule has 0 aromatic heterocycles. The van der Waals surface area contributed by atoms with Crippen LogP contribution in [0, 0.1) is 10.1 Å². The summed E-state index contributed by atoms with van der Waals surface area (Å²) in [5.74, 6) is 1.98. The van der Waals surface area contributed by atoms with Crippen LogP contribution >= 0.6 is 0 Å². The van der Waals surface area contributed by atoms with E-state index in [-0.39, 0.29) is 5.69 Å². The van der Waals surface area contributed by atoms with Crippen molar-refractivity contribution >= 4 is 5.69 Å². The summed E-state index contributed by atoms with van der Waals surface area (Å²) in [7, 11) is 1.60. The Morgan fingerprint density at radius 3 is 2.54 bits per heavy atom. The van der Waals surface area contributed by atoms with Crippen molar-refractivity contribution < 1.29 is 19.1 Å². The van der Waals surface area contributed by atoms with Gasteiger partial charge >= 0.3 is 0 Å². The smallest absolute Gasteiger partial charge is 0.269 e. The Morgan fingerprint density at radius 1 is 1.12 bits per heavy atom. The number of nitro groups is 1. The van der Waals surface area contributed by atoms with Crippen LogP contribution in [-0.4, -0.2) is 25.2 Å². The molecule has 0 unspecified atom stereocenters. The predicted octanol–water partition coefficient (Wildman–Crippen LogP) is 2.66. The lowest BCUT2D eigenvalue weighted by atomic mass is 10.1. The molecule has 0 atom stereocenters. The van der Waals surface area contributed by atoms with Gasteiger partial charge in [-0.05, 0) is 23.3 Å². The number of benzene rings is 2. The normalized spacial score (nSPS) is 12.7. The van der Waals surface area contributed by atoms with Gasteiger partial charge in [0, 0.05) is 25.2 Å². The molecule has 3 rings (SSSR count). The zero-order chi connectivity index (χ0) is 16.9. The largest absolute Gasteiger partial charge is 0.493 e. The first kappa shape index (κ1) is 16.1. The second kappa shape index (κ2) is 7.18. The van der Waals surface area contributed by atoms with Crippen molar-refractivity contribution in [3.8, 4) is 17.2 Å². The number of methoxy groups -OCH3 is 1. The third kappa shape index (κ3) is 3.57. The van der Waals surface area contributed by atoms with E-state index in [1.54, 1.807) is 19.2 Å². The number of ether oxygens (including phenoxy) is 3. The summed E-state index contributed by atoms with van der Waals surface area (Å²) in [6, 6.07) is 10.3. The first-order valence-corrected chi connectivity index (χ1v) is 7.58. The number of nitrogens with one attached hydrogen (secondary N) is 1. The fraction of sp³-hybridized carbons (Fsp3) is 0.294. The van der Waals surface area contributed by atoms with Crippen LogP contribution in [0.1, 0.15) is 11.1 Å². The number of non-ortho nitro benzene ring substituents is 1. The standard InChI is InChI=1S/C17H18N2O5/c1-22-15-8-13(9-16-17(15)24-7-6-23-16)11-18-10-12-2-4-14(5-3-12)19(20)21/h2-5,8-9,18H,6-7,10-11H2,1H3. The summed E-state index contributed by atoms with van der Waals surface area (Å²) in [6.07, 6.45) is 0. The zero-order valence-corrected chi connectivity index (χ0v) is 13.3. The van der Waals surface area contributed by atoms with Crippen molar-refractivity contribution in [1.29, 1.82) is 0 Å². The fourth-order valence-corrected chi connectivity index (χ4v) is 2.52. The number of fused-ring (bicyclic) bond motifs is 1. The van der Waals surface area contributed by atoms with Crippen LogP contribution in [0.3, 0.4) is 0 Å². The summed E-state index contributed by atoms with van der Waals surface area (Å²) in [5.41, 5.74) is 2.08. The SMILES string of the molecule is COc1cc(CNCc2ccc([N+](=O)[O-])cc2)cc2c1OCCO2. The van der Waals surface area contributed by atoms with Crippen LogP contribution in [0.25, 0.3) is 0 Å². The topological polar surface area (TPSA) is 82.9 Å². The Morgan fingerprint density at radius 2 is 1.83 bits per heavy atom. The number of nitrogens with zero attached hydrogens (tertiary/aromatic N) is 1. The van der Waals surface area contributed by atoms with Gasteiger partial charge in [-0.25, -0.2) is 0 Å². The number of hydrogen-bond donors (Lipinski definition) is 1. The van der Waals surface area contributed by atoms with Crippen molar-refractivity contribution in [2.75, 3.05) is 20.3 Å². The van der Waals surface area contributed by atoms with Crippen molar-refractivity contribution in [2.45, 2.75) is 13.1 Å². The molecular weight excluding hydrogens is 312 g/mol. The van der Waals surface area contributed by atoms with Crippen LogP contribution in [0.4, 0.5) is 5.69 Å². The molecular formula is C17H18N2O5. The van der Waals surface area contributed by atoms with Gasteiger partial charge in [0.1, 0.15) is 13.2 Å². The van der Waals surface area contributed by atoms with Crippen LogP contribution in [0.15, 0.2) is 36.4 Å². The van der Waals surface area contributed by atoms with Crippen LogP contribution in [0.5, 0.6) is 17.2 Å². The molecule has 0 aliphatic carbocycles. The molecule has 126 valence electrons. The van der Waals surface area contributed by atoms with Gasteiger partial charge in [0.15, 0.2) is 11.5 Å². The van der Waals surface area contributed by atoms with E-state index in [0.29, 0.717) is 43.6 Å². The molecule has 1 aliphatic rings. The second-order valence-electron chi connectivity index (χ2n) is 5.35. The lowest BCUT2D eigenvalue weighted by Gasteiger charge is -2.21. The lowest BCUT2D eigenvalue weighted by molar-refractivity contribution is -0.384. The molecule has 2 aromatic rings. The molecule has 24 heavy (non-hydrogen) atoms. The van der Waals surface area contributed by atoms with Crippen LogP contribution in [0.2, 0.25) is 0 Å². The van der Waals surface area contributed by atoms with E-state index in [4.69, 9.17) is 14.2 Å². The van der Waals surface area contributed by atoms with Crippen molar-refractivity contribution in [3.05, 3.63) is 57.6 Å². The highest BCUT2D eigenvalue weighted by Gasteiger charge is 2.18. The van der Waals surface area contributed by atoms with Gasteiger partial charge in [-0.15, -0.1) is 0 Å². The maximum Gasteiger partial charge on any atom is 0.269 e. The summed E-state index contributed by atoms with van der Waals surface area (Å²) >= 11 is 0. The Kier molecular flexibility index (Phi) is 4.81. The van der Waals surface area contributed by atoms with Crippen molar-refractivity contribution in [1.82, 2.24) is 5.32 Å². The van der Waals surface area contributed by atoms with Gasteiger partial charge in [-0.2, -0.15) is 0 Å². The van der Waals surface area contributed by atoms with E-state index in [1.807, 2.05) is 12.1 Å². The molecule has 0 bridgehead atoms. The van der Waals surface area contributed by atoms with Gasteiger partial charge in [0.2, 0.25) is 5.75 Å². The molecule has 1 aliphatic heterocycles. The minimum atomic E-state index is -0.404. The first-order chi connectivity index (χ1) is 11.7. The maximum absolute atomic E-state index is 10.6. The number of hydrogen-bond acceptors (Lipinski definition) is 6. The summed E-state index contributed by atoms with van der Waals surface area (Å²) in [5, 5.41) is 13.9. The first-order valence-electron chi connectivity index (χ1n) is 7.58. The molecule has 0 saturated heterocycles. The third-order valence-electron chi connectivity index (χ3n) is 3.69. The Labute approximate surface area is 139 Å². The zero-order valence-electron chi connectivity index (χ0n) is 13.3. The van der Waals surface area contributed by atoms with E-state index in [2.05, 4.69) is 5.32 Å². The lowest BCUT2D eigenvalue weighted by Crippen LogP contribution is -2.17. The molecule has 0 radical (unpaired) electrons. The summed E-state index contributed by atoms with van der Waals surface area (Å²) in [4.78, 5) is 10.2. The second-order valence-corrected chi connectivity index (χ2v) is 5.35. The number of rotatable bonds is 6. The van der Waals surface area contributed by atoms with Gasteiger partial charge in [-0.3, -0.25) is 10.1 Å². The fourth-order valence-electron chi connectivity index (χ4n) is 2.52. The van der Waals surface area contributed by atoms with Crippen molar-refractivity contribution in [3.63, 3.8) is 0 Å². The quantitative estimate of drug-likeness (QED) is 0.648. The van der Waals surface area contributed by atoms with Gasteiger partial charge in [0.25, 0.3) is 5.69 Å². The monoisotopic (exact) mass is 330 g/mol. The molecule has 0 saturated carbocycles. The van der Waals surface area contributed by atoms with Gasteiger partial charge in [-0.1, -0.05) is 12.1 Å². The average molecular weight is 330 g/mol. The van der Waals surface area contributed by atoms with E-state index in [0.717, 1.165) is 11.1 Å². The van der Waals surface area contributed by atoms with E-state index >= 15 is 0 Å². The Bertz CT molecular complexity index is 713. The minimum absolute atomic E-state index is 0.0929. The highest BCUT2D eigenvalue weighted by Crippen LogP contribution is 2.40. The predicted molar refractivity (Wildman–Crippen MR) is 87.6 cm³/mol. The Balaban J connectivity index is 1.63. The van der Waals surface area contributed by atoms with Crippen LogP contribution < -0.4 is 19.5 Å². The number of nitro benzene ring substituents is 1. The maximum atomic E-state index is 10.6. The third-order valence-corrected chi connectivity index (χ3v) is 3.69. The van der Waals surface area contributed by atoms with Gasteiger partial charge in [0.05, 0.1) is 12.0 Å².